The van der Waals surface area contributed by atoms with Crippen LogP contribution in [0.3, 0.4) is 0 Å². The van der Waals surface area contributed by atoms with Crippen molar-refractivity contribution >= 4 is 52.7 Å². The van der Waals surface area contributed by atoms with Crippen molar-refractivity contribution in [3.63, 3.8) is 0 Å². The van der Waals surface area contributed by atoms with Gasteiger partial charge in [0, 0.05) is 34.1 Å². The highest BCUT2D eigenvalue weighted by molar-refractivity contribution is 5.80. The Balaban J connectivity index is 1.03. The van der Waals surface area contributed by atoms with E-state index in [-0.39, 0.29) is 0 Å². The molecule has 0 saturated heterocycles. The highest BCUT2D eigenvalue weighted by atomic mass is 15.2. The fraction of sp³-hybridized carbons (Fsp3) is 0.154. The van der Waals surface area contributed by atoms with Crippen molar-refractivity contribution in [3.8, 4) is 0 Å². The molecule has 0 bridgehead atoms. The van der Waals surface area contributed by atoms with Gasteiger partial charge in [-0.2, -0.15) is 0 Å². The molecule has 6 aromatic carbocycles. The standard InChI is InChI=1S/C52H50N2/c1-5-45-11-7-9-13-51(45)53(47-31-15-39(3)16-32-47)49-35-27-43(28-36-49)25-23-41-19-21-42(22-20-41)24-26-44-29-37-50(38-30-44)54(48-33-17-40(4)18-34-48)52-14-10-8-12-46(52)6-2/h7-17,19-38,40H,5-6,18H2,1-4H3. The molecule has 1 aliphatic rings. The Bertz CT molecular complexity index is 2270. The molecule has 0 spiro atoms. The zero-order valence-corrected chi connectivity index (χ0v) is 32.0. The molecular formula is C52H50N2. The van der Waals surface area contributed by atoms with Gasteiger partial charge in [-0.25, -0.2) is 0 Å². The minimum atomic E-state index is 0.573. The van der Waals surface area contributed by atoms with Crippen molar-refractivity contribution < 1.29 is 0 Å². The summed E-state index contributed by atoms with van der Waals surface area (Å²) >= 11 is 0. The first-order valence-corrected chi connectivity index (χ1v) is 19.4. The van der Waals surface area contributed by atoms with Gasteiger partial charge in [0.2, 0.25) is 0 Å². The summed E-state index contributed by atoms with van der Waals surface area (Å²) in [6.45, 7) is 8.86. The van der Waals surface area contributed by atoms with Crippen LogP contribution >= 0.6 is 0 Å². The van der Waals surface area contributed by atoms with Crippen LogP contribution in [0.5, 0.6) is 0 Å². The minimum Gasteiger partial charge on any atom is -0.311 e. The first kappa shape index (κ1) is 36.2. The van der Waals surface area contributed by atoms with Crippen molar-refractivity contribution in [2.75, 3.05) is 9.80 Å². The van der Waals surface area contributed by atoms with Crippen LogP contribution in [0.1, 0.15) is 66.1 Å². The summed E-state index contributed by atoms with van der Waals surface area (Å²) < 4.78 is 0. The lowest BCUT2D eigenvalue weighted by atomic mass is 9.99. The second kappa shape index (κ2) is 17.1. The monoisotopic (exact) mass is 702 g/mol. The van der Waals surface area contributed by atoms with Gasteiger partial charge >= 0.3 is 0 Å². The number of para-hydroxylation sites is 2. The molecule has 7 rings (SSSR count). The number of hydrogen-bond acceptors (Lipinski definition) is 2. The summed E-state index contributed by atoms with van der Waals surface area (Å²) in [5, 5.41) is 0. The van der Waals surface area contributed by atoms with Gasteiger partial charge < -0.3 is 9.80 Å². The first-order chi connectivity index (χ1) is 26.5. The third kappa shape index (κ3) is 8.56. The van der Waals surface area contributed by atoms with E-state index in [9.17, 15) is 0 Å². The smallest absolute Gasteiger partial charge is 0.0493 e. The van der Waals surface area contributed by atoms with E-state index in [1.165, 1.54) is 61.7 Å². The molecule has 6 aromatic rings. The van der Waals surface area contributed by atoms with Crippen molar-refractivity contribution in [1.82, 2.24) is 0 Å². The molecule has 2 heteroatoms. The van der Waals surface area contributed by atoms with Gasteiger partial charge in [-0.05, 0) is 120 Å². The Morgan fingerprint density at radius 3 is 1.31 bits per heavy atom. The van der Waals surface area contributed by atoms with Crippen LogP contribution in [0.2, 0.25) is 0 Å². The fourth-order valence-electron chi connectivity index (χ4n) is 7.06. The molecule has 0 N–H and O–H groups in total. The molecule has 0 heterocycles. The van der Waals surface area contributed by atoms with E-state index < -0.39 is 0 Å². The van der Waals surface area contributed by atoms with E-state index in [0.29, 0.717) is 5.92 Å². The van der Waals surface area contributed by atoms with Crippen LogP contribution < -0.4 is 9.80 Å². The number of anilines is 5. The third-order valence-electron chi connectivity index (χ3n) is 10.2. The molecule has 0 saturated carbocycles. The molecule has 0 aliphatic heterocycles. The minimum absolute atomic E-state index is 0.573. The highest BCUT2D eigenvalue weighted by Crippen LogP contribution is 2.38. The maximum Gasteiger partial charge on any atom is 0.0493 e. The summed E-state index contributed by atoms with van der Waals surface area (Å²) in [6.07, 6.45) is 18.8. The maximum atomic E-state index is 2.40. The largest absolute Gasteiger partial charge is 0.311 e. The number of benzene rings is 6. The topological polar surface area (TPSA) is 6.48 Å². The molecule has 0 amide bonds. The summed E-state index contributed by atoms with van der Waals surface area (Å²) in [5.41, 5.74) is 15.8. The number of aryl methyl sites for hydroxylation is 3. The number of allylic oxidation sites excluding steroid dienone is 3. The quantitative estimate of drug-likeness (QED) is 0.117. The van der Waals surface area contributed by atoms with Crippen LogP contribution in [0.15, 0.2) is 170 Å². The third-order valence-corrected chi connectivity index (χ3v) is 10.2. The second-order valence-electron chi connectivity index (χ2n) is 14.2. The van der Waals surface area contributed by atoms with Gasteiger partial charge in [-0.15, -0.1) is 0 Å². The molecule has 1 atom stereocenters. The Labute approximate surface area is 322 Å². The van der Waals surface area contributed by atoms with Crippen molar-refractivity contribution in [3.05, 3.63) is 208 Å². The average Bonchev–Trinajstić information content (AvgIpc) is 3.22. The molecule has 268 valence electrons. The Kier molecular flexibility index (Phi) is 11.5. The molecule has 1 aliphatic carbocycles. The zero-order chi connectivity index (χ0) is 37.3. The summed E-state index contributed by atoms with van der Waals surface area (Å²) in [6, 6.07) is 52.7. The van der Waals surface area contributed by atoms with Crippen LogP contribution in [-0.2, 0) is 12.8 Å². The van der Waals surface area contributed by atoms with E-state index in [1.807, 2.05) is 0 Å². The van der Waals surface area contributed by atoms with Gasteiger partial charge in [0.05, 0.1) is 0 Å². The molecule has 0 fully saturated rings. The summed E-state index contributed by atoms with van der Waals surface area (Å²) in [4.78, 5) is 4.77. The van der Waals surface area contributed by atoms with Crippen LogP contribution in [0, 0.1) is 12.8 Å². The normalized spacial score (nSPS) is 14.1. The van der Waals surface area contributed by atoms with Crippen LogP contribution in [0.4, 0.5) is 28.4 Å². The Hall–Kier alpha value is -6.12. The van der Waals surface area contributed by atoms with Crippen molar-refractivity contribution in [1.29, 1.82) is 0 Å². The predicted molar refractivity (Wildman–Crippen MR) is 235 cm³/mol. The fourth-order valence-corrected chi connectivity index (χ4v) is 7.06. The highest BCUT2D eigenvalue weighted by Gasteiger charge is 2.18. The number of nitrogens with zero attached hydrogens (tertiary/aromatic N) is 2. The molecular weight excluding hydrogens is 653 g/mol. The molecule has 1 unspecified atom stereocenters. The zero-order valence-electron chi connectivity index (χ0n) is 32.0. The van der Waals surface area contributed by atoms with E-state index in [1.54, 1.807) is 0 Å². The molecule has 54 heavy (non-hydrogen) atoms. The molecule has 0 radical (unpaired) electrons. The van der Waals surface area contributed by atoms with Crippen molar-refractivity contribution in [2.45, 2.75) is 47.0 Å². The second-order valence-corrected chi connectivity index (χ2v) is 14.2. The lowest BCUT2D eigenvalue weighted by molar-refractivity contribution is 0.728. The van der Waals surface area contributed by atoms with Gasteiger partial charge in [-0.3, -0.25) is 0 Å². The first-order valence-electron chi connectivity index (χ1n) is 19.4. The van der Waals surface area contributed by atoms with E-state index in [4.69, 9.17) is 0 Å². The summed E-state index contributed by atoms with van der Waals surface area (Å²) in [5.74, 6) is 0.573. The Morgan fingerprint density at radius 1 is 0.500 bits per heavy atom. The van der Waals surface area contributed by atoms with E-state index >= 15 is 0 Å². The molecule has 2 nitrogen and oxygen atoms in total. The Morgan fingerprint density at radius 2 is 0.889 bits per heavy atom. The van der Waals surface area contributed by atoms with Gasteiger partial charge in [0.25, 0.3) is 0 Å². The van der Waals surface area contributed by atoms with Gasteiger partial charge in [0.1, 0.15) is 0 Å². The van der Waals surface area contributed by atoms with E-state index in [0.717, 1.165) is 30.6 Å². The SMILES string of the molecule is CCc1ccccc1N(C1=CCC(C)C=C1)c1ccc(C=Cc2ccc(C=Cc3ccc(N(c4ccc(C)cc4)c4ccccc4CC)cc3)cc2)cc1. The van der Waals surface area contributed by atoms with Gasteiger partial charge in [-0.1, -0.05) is 160 Å². The molecule has 0 aromatic heterocycles. The lowest BCUT2D eigenvalue weighted by Gasteiger charge is -2.30. The van der Waals surface area contributed by atoms with Crippen molar-refractivity contribution in [2.24, 2.45) is 5.92 Å². The lowest BCUT2D eigenvalue weighted by Crippen LogP contribution is -2.18. The predicted octanol–water partition coefficient (Wildman–Crippen LogP) is 14.5. The van der Waals surface area contributed by atoms with Gasteiger partial charge in [0.15, 0.2) is 0 Å². The average molecular weight is 703 g/mol. The maximum absolute atomic E-state index is 2.40. The number of hydrogen-bond donors (Lipinski definition) is 0. The van der Waals surface area contributed by atoms with E-state index in [2.05, 4.69) is 226 Å². The van der Waals surface area contributed by atoms with Crippen LogP contribution in [0.25, 0.3) is 24.3 Å². The summed E-state index contributed by atoms with van der Waals surface area (Å²) in [7, 11) is 0. The number of rotatable bonds is 12. The van der Waals surface area contributed by atoms with Crippen LogP contribution in [-0.4, -0.2) is 0 Å².